The lowest BCUT2D eigenvalue weighted by molar-refractivity contribution is 0.381. The van der Waals surface area contributed by atoms with Crippen molar-refractivity contribution in [2.24, 2.45) is 13.0 Å². The Morgan fingerprint density at radius 3 is 2.91 bits per heavy atom. The molecule has 1 aliphatic rings. The predicted octanol–water partition coefficient (Wildman–Crippen LogP) is 0.392. The molecule has 120 valence electrons. The number of anilines is 1. The molecule has 0 radical (unpaired) electrons. The number of hydrogen-bond donors (Lipinski definition) is 1. The maximum Gasteiger partial charge on any atom is 0.178 e. The van der Waals surface area contributed by atoms with Gasteiger partial charge in [0.05, 0.1) is 6.20 Å². The summed E-state index contributed by atoms with van der Waals surface area (Å²) in [6.07, 6.45) is 3.95. The molecule has 8 heteroatoms. The van der Waals surface area contributed by atoms with Crippen LogP contribution in [0.2, 0.25) is 0 Å². The van der Waals surface area contributed by atoms with E-state index in [1.54, 1.807) is 4.52 Å². The first-order chi connectivity index (χ1) is 11.2. The zero-order valence-corrected chi connectivity index (χ0v) is 13.3. The number of rotatable bonds is 5. The lowest BCUT2D eigenvalue weighted by Gasteiger charge is -2.40. The molecule has 0 aromatic carbocycles. The van der Waals surface area contributed by atoms with Crippen LogP contribution in [-0.2, 0) is 13.6 Å². The Bertz CT molecular complexity index is 814. The molecule has 0 unspecified atom stereocenters. The van der Waals surface area contributed by atoms with Gasteiger partial charge in [-0.3, -0.25) is 4.68 Å². The summed E-state index contributed by atoms with van der Waals surface area (Å²) in [5.74, 6) is 2.46. The van der Waals surface area contributed by atoms with Crippen LogP contribution in [0, 0.1) is 12.8 Å². The van der Waals surface area contributed by atoms with Crippen LogP contribution in [0.25, 0.3) is 5.65 Å². The Labute approximate surface area is 134 Å². The number of aryl methyl sites for hydroxylation is 2. The Morgan fingerprint density at radius 1 is 1.26 bits per heavy atom. The van der Waals surface area contributed by atoms with Crippen molar-refractivity contribution < 1.29 is 0 Å². The molecule has 3 aromatic heterocycles. The van der Waals surface area contributed by atoms with E-state index in [1.165, 1.54) is 5.56 Å². The minimum Gasteiger partial charge on any atom is -0.354 e. The first kappa shape index (κ1) is 14.1. The highest BCUT2D eigenvalue weighted by Gasteiger charge is 2.27. The molecular weight excluding hydrogens is 292 g/mol. The minimum absolute atomic E-state index is 0.658. The number of fused-ring (bicyclic) bond motifs is 1. The van der Waals surface area contributed by atoms with Crippen LogP contribution >= 0.6 is 0 Å². The van der Waals surface area contributed by atoms with E-state index >= 15 is 0 Å². The van der Waals surface area contributed by atoms with Gasteiger partial charge in [-0.25, -0.2) is 0 Å². The minimum atomic E-state index is 0.658. The fraction of sp³-hybridized carbons (Fsp3) is 0.467. The van der Waals surface area contributed by atoms with E-state index in [4.69, 9.17) is 0 Å². The van der Waals surface area contributed by atoms with E-state index in [1.807, 2.05) is 43.2 Å². The first-order valence-corrected chi connectivity index (χ1v) is 7.81. The van der Waals surface area contributed by atoms with Crippen LogP contribution in [0.1, 0.15) is 11.4 Å². The van der Waals surface area contributed by atoms with Crippen LogP contribution in [0.15, 0.2) is 24.5 Å². The fourth-order valence-corrected chi connectivity index (χ4v) is 2.92. The van der Waals surface area contributed by atoms with Gasteiger partial charge in [0.2, 0.25) is 0 Å². The van der Waals surface area contributed by atoms with Crippen LogP contribution < -0.4 is 10.2 Å². The summed E-state index contributed by atoms with van der Waals surface area (Å²) in [6, 6.07) is 3.99. The highest BCUT2D eigenvalue weighted by atomic mass is 15.4. The van der Waals surface area contributed by atoms with Crippen molar-refractivity contribution in [3.8, 4) is 0 Å². The summed E-state index contributed by atoms with van der Waals surface area (Å²) in [6.45, 7) is 5.85. The highest BCUT2D eigenvalue weighted by Crippen LogP contribution is 2.22. The molecule has 4 heterocycles. The molecule has 23 heavy (non-hydrogen) atoms. The van der Waals surface area contributed by atoms with Crippen LogP contribution in [-0.4, -0.2) is 49.2 Å². The number of nitrogens with zero attached hydrogens (tertiary/aromatic N) is 7. The maximum atomic E-state index is 4.61. The highest BCUT2D eigenvalue weighted by molar-refractivity contribution is 5.47. The molecule has 1 saturated heterocycles. The molecular formula is C15H20N8. The van der Waals surface area contributed by atoms with Crippen molar-refractivity contribution >= 4 is 11.5 Å². The Balaban J connectivity index is 1.29. The van der Waals surface area contributed by atoms with Gasteiger partial charge >= 0.3 is 0 Å². The van der Waals surface area contributed by atoms with Crippen molar-refractivity contribution in [2.75, 3.05) is 24.5 Å². The van der Waals surface area contributed by atoms with Crippen molar-refractivity contribution in [3.05, 3.63) is 35.9 Å². The van der Waals surface area contributed by atoms with E-state index in [2.05, 4.69) is 30.6 Å². The monoisotopic (exact) mass is 312 g/mol. The molecule has 8 nitrogen and oxygen atoms in total. The topological polar surface area (TPSA) is 76.2 Å². The molecule has 4 rings (SSSR count). The zero-order valence-electron chi connectivity index (χ0n) is 13.3. The number of aromatic nitrogens is 6. The Morgan fingerprint density at radius 2 is 2.13 bits per heavy atom. The molecule has 0 amide bonds. The van der Waals surface area contributed by atoms with Crippen molar-refractivity contribution in [2.45, 2.75) is 13.5 Å². The van der Waals surface area contributed by atoms with Crippen LogP contribution in [0.4, 0.5) is 5.82 Å². The van der Waals surface area contributed by atoms with Gasteiger partial charge in [0.1, 0.15) is 5.82 Å². The summed E-state index contributed by atoms with van der Waals surface area (Å²) in [5.41, 5.74) is 2.01. The van der Waals surface area contributed by atoms with Gasteiger partial charge in [-0.2, -0.15) is 9.61 Å². The first-order valence-electron chi connectivity index (χ1n) is 7.81. The Hall–Kier alpha value is -2.48. The summed E-state index contributed by atoms with van der Waals surface area (Å²) >= 11 is 0. The predicted molar refractivity (Wildman–Crippen MR) is 86.1 cm³/mol. The van der Waals surface area contributed by atoms with Gasteiger partial charge in [-0.1, -0.05) is 0 Å². The average molecular weight is 312 g/mol. The molecule has 0 bridgehead atoms. The summed E-state index contributed by atoms with van der Waals surface area (Å²) in [7, 11) is 1.94. The van der Waals surface area contributed by atoms with Gasteiger partial charge in [0, 0.05) is 50.9 Å². The van der Waals surface area contributed by atoms with Crippen LogP contribution in [0.5, 0.6) is 0 Å². The lowest BCUT2D eigenvalue weighted by Crippen LogP contribution is -2.51. The molecule has 0 aliphatic carbocycles. The summed E-state index contributed by atoms with van der Waals surface area (Å²) in [5, 5.41) is 20.4. The third kappa shape index (κ3) is 2.77. The standard InChI is InChI=1S/C15H20N8/c1-11-18-19-14-3-4-15(20-23(11)14)22-9-13(10-22)6-16-5-12-7-17-21(2)8-12/h3-4,7-8,13,16H,5-6,9-10H2,1-2H3. The van der Waals surface area contributed by atoms with Gasteiger partial charge in [-0.15, -0.1) is 15.3 Å². The Kier molecular flexibility index (Phi) is 3.45. The van der Waals surface area contributed by atoms with E-state index in [-0.39, 0.29) is 0 Å². The maximum absolute atomic E-state index is 4.61. The molecule has 1 aliphatic heterocycles. The van der Waals surface area contributed by atoms with Crippen LogP contribution in [0.3, 0.4) is 0 Å². The van der Waals surface area contributed by atoms with Crippen molar-refractivity contribution in [1.29, 1.82) is 0 Å². The molecule has 3 aromatic rings. The van der Waals surface area contributed by atoms with Gasteiger partial charge < -0.3 is 10.2 Å². The van der Waals surface area contributed by atoms with Gasteiger partial charge in [0.15, 0.2) is 11.5 Å². The average Bonchev–Trinajstić information content (AvgIpc) is 3.08. The van der Waals surface area contributed by atoms with E-state index in [0.717, 1.165) is 43.5 Å². The van der Waals surface area contributed by atoms with E-state index < -0.39 is 0 Å². The third-order valence-corrected chi connectivity index (χ3v) is 4.21. The van der Waals surface area contributed by atoms with E-state index in [9.17, 15) is 0 Å². The second kappa shape index (κ2) is 5.62. The number of hydrogen-bond acceptors (Lipinski definition) is 6. The smallest absolute Gasteiger partial charge is 0.178 e. The SMILES string of the molecule is Cc1nnc2ccc(N3CC(CNCc4cnn(C)c4)C3)nn12. The fourth-order valence-electron chi connectivity index (χ4n) is 2.92. The largest absolute Gasteiger partial charge is 0.354 e. The summed E-state index contributed by atoms with van der Waals surface area (Å²) < 4.78 is 3.63. The molecule has 0 saturated carbocycles. The quantitative estimate of drug-likeness (QED) is 0.734. The normalized spacial score (nSPS) is 15.3. The molecule has 1 N–H and O–H groups in total. The van der Waals surface area contributed by atoms with Crippen molar-refractivity contribution in [1.82, 2.24) is 34.9 Å². The zero-order chi connectivity index (χ0) is 15.8. The lowest BCUT2D eigenvalue weighted by atomic mass is 10.0. The number of nitrogens with one attached hydrogen (secondary N) is 1. The molecule has 0 spiro atoms. The second-order valence-electron chi connectivity index (χ2n) is 6.13. The van der Waals surface area contributed by atoms with E-state index in [0.29, 0.717) is 5.92 Å². The second-order valence-corrected chi connectivity index (χ2v) is 6.13. The molecule has 0 atom stereocenters. The summed E-state index contributed by atoms with van der Waals surface area (Å²) in [4.78, 5) is 2.29. The molecule has 1 fully saturated rings. The van der Waals surface area contributed by atoms with Crippen molar-refractivity contribution in [3.63, 3.8) is 0 Å². The van der Waals surface area contributed by atoms with Gasteiger partial charge in [-0.05, 0) is 19.1 Å². The third-order valence-electron chi connectivity index (χ3n) is 4.21. The van der Waals surface area contributed by atoms with Gasteiger partial charge in [0.25, 0.3) is 0 Å².